The Bertz CT molecular complexity index is 792. The first kappa shape index (κ1) is 25.5. The molecule has 0 spiro atoms. The van der Waals surface area contributed by atoms with Crippen LogP contribution in [0.3, 0.4) is 0 Å². The second-order valence-corrected chi connectivity index (χ2v) is 6.78. The molecule has 0 aliphatic carbocycles. The maximum absolute atomic E-state index is 5.42. The Balaban J connectivity index is 0.00000103. The van der Waals surface area contributed by atoms with E-state index in [1.807, 2.05) is 53.9 Å². The highest BCUT2D eigenvalue weighted by Gasteiger charge is 2.09. The number of aryl methyl sites for hydroxylation is 2. The fourth-order valence-corrected chi connectivity index (χ4v) is 3.98. The zero-order chi connectivity index (χ0) is 21.0. The number of nitrogens with zero attached hydrogens (tertiary/aromatic N) is 2. The Morgan fingerprint density at radius 3 is 2.04 bits per heavy atom. The van der Waals surface area contributed by atoms with E-state index in [4.69, 9.17) is 4.74 Å². The van der Waals surface area contributed by atoms with E-state index in [0.717, 1.165) is 26.9 Å². The number of aromatic nitrogens is 2. The molecule has 0 radical (unpaired) electrons. The molecule has 0 aliphatic heterocycles. The molecule has 3 aromatic rings. The zero-order valence-electron chi connectivity index (χ0n) is 18.1. The molecule has 0 saturated heterocycles. The van der Waals surface area contributed by atoms with Gasteiger partial charge in [-0.25, -0.2) is 0 Å². The standard InChI is InChI=1S/C16H15BrN2OS.3C2H6/c1-10-6-12(7-11(2)16(10)20-3)21-19-5-4-13-14(17)8-18-9-15(13)19;3*1-2/h4-9H,1-3H3;3*1-2H3. The summed E-state index contributed by atoms with van der Waals surface area (Å²) in [7, 11) is 1.71. The minimum atomic E-state index is 0.959. The number of ether oxygens (including phenoxy) is 1. The highest BCUT2D eigenvalue weighted by molar-refractivity contribution is 9.10. The molecule has 0 fully saturated rings. The van der Waals surface area contributed by atoms with Crippen LogP contribution in [0.25, 0.3) is 10.9 Å². The number of pyridine rings is 1. The number of halogens is 1. The summed E-state index contributed by atoms with van der Waals surface area (Å²) in [5.41, 5.74) is 3.40. The van der Waals surface area contributed by atoms with Crippen molar-refractivity contribution >= 4 is 38.8 Å². The molecule has 0 bridgehead atoms. The predicted octanol–water partition coefficient (Wildman–Crippen LogP) is 8.06. The van der Waals surface area contributed by atoms with Crippen LogP contribution in [0, 0.1) is 13.8 Å². The van der Waals surface area contributed by atoms with Crippen LogP contribution in [0.5, 0.6) is 5.75 Å². The van der Waals surface area contributed by atoms with Gasteiger partial charge in [-0.3, -0.25) is 8.96 Å². The first-order valence-electron chi connectivity index (χ1n) is 9.54. The summed E-state index contributed by atoms with van der Waals surface area (Å²) in [6, 6.07) is 6.39. The number of hydrogen-bond donors (Lipinski definition) is 0. The summed E-state index contributed by atoms with van der Waals surface area (Å²) in [6.45, 7) is 16.1. The van der Waals surface area contributed by atoms with Crippen LogP contribution in [-0.2, 0) is 0 Å². The molecule has 0 aliphatic rings. The van der Waals surface area contributed by atoms with E-state index < -0.39 is 0 Å². The van der Waals surface area contributed by atoms with Gasteiger partial charge in [0.2, 0.25) is 0 Å². The molecule has 2 heterocycles. The van der Waals surface area contributed by atoms with Crippen LogP contribution in [-0.4, -0.2) is 16.1 Å². The Morgan fingerprint density at radius 1 is 0.963 bits per heavy atom. The molecule has 0 atom stereocenters. The van der Waals surface area contributed by atoms with Crippen molar-refractivity contribution < 1.29 is 4.74 Å². The van der Waals surface area contributed by atoms with Crippen molar-refractivity contribution in [3.05, 3.63) is 52.4 Å². The predicted molar refractivity (Wildman–Crippen MR) is 125 cm³/mol. The number of methoxy groups -OCH3 is 1. The smallest absolute Gasteiger partial charge is 0.124 e. The van der Waals surface area contributed by atoms with Crippen molar-refractivity contribution in [1.82, 2.24) is 8.96 Å². The highest BCUT2D eigenvalue weighted by Crippen LogP contribution is 2.33. The molecular formula is C22H33BrN2OS. The molecule has 0 saturated carbocycles. The van der Waals surface area contributed by atoms with Crippen LogP contribution in [0.2, 0.25) is 0 Å². The molecule has 3 nitrogen and oxygen atoms in total. The van der Waals surface area contributed by atoms with E-state index >= 15 is 0 Å². The van der Waals surface area contributed by atoms with Crippen molar-refractivity contribution in [3.63, 3.8) is 0 Å². The largest absolute Gasteiger partial charge is 0.496 e. The van der Waals surface area contributed by atoms with Crippen LogP contribution in [0.15, 0.2) is 46.2 Å². The maximum atomic E-state index is 5.42. The number of fused-ring (bicyclic) bond motifs is 1. The van der Waals surface area contributed by atoms with E-state index in [0.29, 0.717) is 0 Å². The van der Waals surface area contributed by atoms with Gasteiger partial charge in [0, 0.05) is 27.1 Å². The normalized spacial score (nSPS) is 9.26. The molecular weight excluding hydrogens is 420 g/mol. The SMILES string of the molecule is CC.CC.CC.COc1c(C)cc(Sn2ccc3c(Br)cncc32)cc1C. The third-order valence-electron chi connectivity index (χ3n) is 3.37. The van der Waals surface area contributed by atoms with E-state index in [2.05, 4.69) is 63.1 Å². The molecule has 0 N–H and O–H groups in total. The Hall–Kier alpha value is -1.46. The number of hydrogen-bond acceptors (Lipinski definition) is 3. The Kier molecular flexibility index (Phi) is 12.9. The zero-order valence-corrected chi connectivity index (χ0v) is 20.5. The fraction of sp³-hybridized carbons (Fsp3) is 0.409. The fourth-order valence-electron chi connectivity index (χ4n) is 2.48. The molecule has 5 heteroatoms. The van der Waals surface area contributed by atoms with Crippen LogP contribution < -0.4 is 4.74 Å². The lowest BCUT2D eigenvalue weighted by atomic mass is 10.1. The van der Waals surface area contributed by atoms with Gasteiger partial charge in [0.25, 0.3) is 0 Å². The molecule has 0 amide bonds. The van der Waals surface area contributed by atoms with Crippen molar-refractivity contribution in [3.8, 4) is 5.75 Å². The third kappa shape index (κ3) is 6.58. The minimum absolute atomic E-state index is 0.959. The van der Waals surface area contributed by atoms with Crippen molar-refractivity contribution in [2.24, 2.45) is 0 Å². The van der Waals surface area contributed by atoms with Gasteiger partial charge >= 0.3 is 0 Å². The van der Waals surface area contributed by atoms with Gasteiger partial charge in [0.1, 0.15) is 5.75 Å². The van der Waals surface area contributed by atoms with Crippen LogP contribution in [0.4, 0.5) is 0 Å². The summed E-state index contributed by atoms with van der Waals surface area (Å²) < 4.78 is 8.57. The van der Waals surface area contributed by atoms with E-state index in [1.54, 1.807) is 19.1 Å². The van der Waals surface area contributed by atoms with E-state index in [1.165, 1.54) is 10.3 Å². The topological polar surface area (TPSA) is 27.1 Å². The average Bonchev–Trinajstić information content (AvgIpc) is 3.11. The maximum Gasteiger partial charge on any atom is 0.124 e. The third-order valence-corrected chi connectivity index (χ3v) is 4.97. The first-order valence-corrected chi connectivity index (χ1v) is 11.1. The van der Waals surface area contributed by atoms with Gasteiger partial charge in [0.15, 0.2) is 0 Å². The lowest BCUT2D eigenvalue weighted by Crippen LogP contribution is -1.93. The molecule has 1 aromatic carbocycles. The summed E-state index contributed by atoms with van der Waals surface area (Å²) >= 11 is 5.22. The Labute approximate surface area is 177 Å². The molecule has 3 rings (SSSR count). The first-order chi connectivity index (χ1) is 13.1. The summed E-state index contributed by atoms with van der Waals surface area (Å²) in [6.07, 6.45) is 5.77. The van der Waals surface area contributed by atoms with Crippen molar-refractivity contribution in [2.75, 3.05) is 7.11 Å². The van der Waals surface area contributed by atoms with Crippen molar-refractivity contribution in [2.45, 2.75) is 60.3 Å². The summed E-state index contributed by atoms with van der Waals surface area (Å²) in [5.74, 6) is 0.959. The number of benzene rings is 1. The minimum Gasteiger partial charge on any atom is -0.496 e. The van der Waals surface area contributed by atoms with Gasteiger partial charge in [-0.15, -0.1) is 0 Å². The van der Waals surface area contributed by atoms with Crippen molar-refractivity contribution in [1.29, 1.82) is 0 Å². The van der Waals surface area contributed by atoms with Gasteiger partial charge in [0.05, 0.1) is 18.8 Å². The summed E-state index contributed by atoms with van der Waals surface area (Å²) in [4.78, 5) is 5.43. The van der Waals surface area contributed by atoms with Gasteiger partial charge in [-0.1, -0.05) is 41.5 Å². The van der Waals surface area contributed by atoms with E-state index in [9.17, 15) is 0 Å². The molecule has 0 unspecified atom stereocenters. The number of rotatable bonds is 3. The second kappa shape index (κ2) is 13.7. The summed E-state index contributed by atoms with van der Waals surface area (Å²) in [5, 5.41) is 1.17. The lowest BCUT2D eigenvalue weighted by molar-refractivity contribution is 0.408. The molecule has 150 valence electrons. The van der Waals surface area contributed by atoms with Gasteiger partial charge in [-0.2, -0.15) is 0 Å². The van der Waals surface area contributed by atoms with E-state index in [-0.39, 0.29) is 0 Å². The quantitative estimate of drug-likeness (QED) is 0.401. The second-order valence-electron chi connectivity index (χ2n) is 4.88. The van der Waals surface area contributed by atoms with Gasteiger partial charge < -0.3 is 4.74 Å². The molecule has 2 aromatic heterocycles. The highest BCUT2D eigenvalue weighted by atomic mass is 79.9. The van der Waals surface area contributed by atoms with Crippen LogP contribution in [0.1, 0.15) is 52.7 Å². The van der Waals surface area contributed by atoms with Gasteiger partial charge in [-0.05, 0) is 71.1 Å². The van der Waals surface area contributed by atoms with Crippen LogP contribution >= 0.6 is 27.9 Å². The monoisotopic (exact) mass is 452 g/mol. The average molecular weight is 453 g/mol. The Morgan fingerprint density at radius 2 is 1.52 bits per heavy atom. The lowest BCUT2D eigenvalue weighted by Gasteiger charge is -2.11. The molecule has 27 heavy (non-hydrogen) atoms.